The summed E-state index contributed by atoms with van der Waals surface area (Å²) in [4.78, 5) is 4.59. The highest BCUT2D eigenvalue weighted by molar-refractivity contribution is 7.88. The van der Waals surface area contributed by atoms with Crippen LogP contribution in [0.1, 0.15) is 23.7 Å². The van der Waals surface area contributed by atoms with E-state index in [-0.39, 0.29) is 6.54 Å². The molecule has 0 saturated heterocycles. The predicted molar refractivity (Wildman–Crippen MR) is 110 cm³/mol. The maximum Gasteiger partial charge on any atom is 0.209 e. The third-order valence-electron chi connectivity index (χ3n) is 4.37. The number of sulfonamides is 1. The predicted octanol–water partition coefficient (Wildman–Crippen LogP) is 2.57. The van der Waals surface area contributed by atoms with Crippen LogP contribution in [-0.2, 0) is 29.5 Å². The molecule has 0 amide bonds. The van der Waals surface area contributed by atoms with Crippen molar-refractivity contribution < 1.29 is 13.5 Å². The van der Waals surface area contributed by atoms with Gasteiger partial charge in [-0.3, -0.25) is 0 Å². The van der Waals surface area contributed by atoms with Gasteiger partial charge >= 0.3 is 0 Å². The highest BCUT2D eigenvalue weighted by atomic mass is 32.2. The summed E-state index contributed by atoms with van der Waals surface area (Å²) in [5, 5.41) is 9.97. The fourth-order valence-corrected chi connectivity index (χ4v) is 3.55. The number of benzene rings is 2. The summed E-state index contributed by atoms with van der Waals surface area (Å²) in [6, 6.07) is 17.7. The molecule has 1 heterocycles. The molecule has 1 atom stereocenters. The molecule has 0 radical (unpaired) electrons. The minimum atomic E-state index is -3.23. The van der Waals surface area contributed by atoms with Gasteiger partial charge in [0.05, 0.1) is 24.4 Å². The van der Waals surface area contributed by atoms with Crippen LogP contribution in [-0.4, -0.2) is 35.4 Å². The van der Waals surface area contributed by atoms with Crippen LogP contribution in [0.15, 0.2) is 60.9 Å². The first-order valence-electron chi connectivity index (χ1n) is 9.12. The van der Waals surface area contributed by atoms with Crippen molar-refractivity contribution in [3.8, 4) is 11.3 Å². The normalized spacial score (nSPS) is 12.8. The van der Waals surface area contributed by atoms with E-state index in [9.17, 15) is 13.5 Å². The molecule has 0 bridgehead atoms. The summed E-state index contributed by atoms with van der Waals surface area (Å²) in [5.74, 6) is 0. The zero-order valence-electron chi connectivity index (χ0n) is 16.0. The summed E-state index contributed by atoms with van der Waals surface area (Å²) < 4.78 is 27.2. The number of aliphatic hydroxyl groups excluding tert-OH is 1. The fraction of sp³-hybridized carbons (Fsp3) is 0.286. The second-order valence-electron chi connectivity index (χ2n) is 7.00. The van der Waals surface area contributed by atoms with Crippen LogP contribution in [0.2, 0.25) is 0 Å². The molecule has 0 aliphatic heterocycles. The Kier molecular flexibility index (Phi) is 6.28. The molecule has 0 aliphatic rings. The lowest BCUT2D eigenvalue weighted by Gasteiger charge is -2.13. The number of hydrogen-bond donors (Lipinski definition) is 2. The highest BCUT2D eigenvalue weighted by Gasteiger charge is 2.15. The third-order valence-corrected chi connectivity index (χ3v) is 5.03. The minimum Gasteiger partial charge on any atom is -0.393 e. The zero-order chi connectivity index (χ0) is 20.1. The topological polar surface area (TPSA) is 84.2 Å². The average Bonchev–Trinajstić information content (AvgIpc) is 3.02. The Morgan fingerprint density at radius 1 is 1.11 bits per heavy atom. The van der Waals surface area contributed by atoms with E-state index >= 15 is 0 Å². The van der Waals surface area contributed by atoms with Crippen LogP contribution in [0.3, 0.4) is 0 Å². The Balaban J connectivity index is 1.87. The SMILES string of the molecule is CC(O)Cc1c(-c2ccccc2)ncn1Cc1cccc(CNS(C)(=O)=O)c1. The second kappa shape index (κ2) is 8.68. The van der Waals surface area contributed by atoms with Gasteiger partial charge in [-0.25, -0.2) is 18.1 Å². The first-order valence-corrected chi connectivity index (χ1v) is 11.0. The van der Waals surface area contributed by atoms with Crippen LogP contribution in [0.4, 0.5) is 0 Å². The number of rotatable bonds is 8. The molecule has 148 valence electrons. The average molecular weight is 400 g/mol. The lowest BCUT2D eigenvalue weighted by atomic mass is 10.1. The quantitative estimate of drug-likeness (QED) is 0.610. The molecule has 0 fully saturated rings. The maximum absolute atomic E-state index is 11.3. The van der Waals surface area contributed by atoms with E-state index in [0.717, 1.165) is 34.3 Å². The Bertz CT molecular complexity index is 1030. The molecule has 1 unspecified atom stereocenters. The van der Waals surface area contributed by atoms with E-state index in [1.165, 1.54) is 0 Å². The van der Waals surface area contributed by atoms with E-state index in [0.29, 0.717) is 13.0 Å². The molecule has 1 aromatic heterocycles. The molecule has 3 rings (SSSR count). The Morgan fingerprint density at radius 2 is 1.82 bits per heavy atom. The first kappa shape index (κ1) is 20.3. The Hall–Kier alpha value is -2.48. The van der Waals surface area contributed by atoms with E-state index in [1.54, 1.807) is 13.3 Å². The fourth-order valence-electron chi connectivity index (χ4n) is 3.12. The van der Waals surface area contributed by atoms with Gasteiger partial charge in [0.25, 0.3) is 0 Å². The molecule has 0 spiro atoms. The van der Waals surface area contributed by atoms with Crippen molar-refractivity contribution in [2.75, 3.05) is 6.26 Å². The number of nitrogens with one attached hydrogen (secondary N) is 1. The number of aliphatic hydroxyl groups is 1. The smallest absolute Gasteiger partial charge is 0.209 e. The van der Waals surface area contributed by atoms with Gasteiger partial charge < -0.3 is 9.67 Å². The molecular weight excluding hydrogens is 374 g/mol. The number of aromatic nitrogens is 2. The molecule has 28 heavy (non-hydrogen) atoms. The van der Waals surface area contributed by atoms with Gasteiger partial charge in [0.15, 0.2) is 0 Å². The monoisotopic (exact) mass is 399 g/mol. The van der Waals surface area contributed by atoms with Gasteiger partial charge in [0.1, 0.15) is 0 Å². The van der Waals surface area contributed by atoms with Gasteiger partial charge in [-0.15, -0.1) is 0 Å². The molecule has 2 aromatic carbocycles. The van der Waals surface area contributed by atoms with Crippen molar-refractivity contribution in [3.63, 3.8) is 0 Å². The Morgan fingerprint density at radius 3 is 2.50 bits per heavy atom. The molecule has 2 N–H and O–H groups in total. The summed E-state index contributed by atoms with van der Waals surface area (Å²) in [5.41, 5.74) is 4.79. The summed E-state index contributed by atoms with van der Waals surface area (Å²) in [6.07, 6.45) is 2.96. The van der Waals surface area contributed by atoms with Crippen LogP contribution < -0.4 is 4.72 Å². The standard InChI is InChI=1S/C21H25N3O3S/c1-16(25)11-20-21(19-9-4-3-5-10-19)22-15-24(20)14-18-8-6-7-17(12-18)13-23-28(2,26)27/h3-10,12,15-16,23,25H,11,13-14H2,1-2H3. The van der Waals surface area contributed by atoms with Gasteiger partial charge in [-0.05, 0) is 18.1 Å². The summed E-state index contributed by atoms with van der Waals surface area (Å²) in [7, 11) is -3.23. The molecule has 7 heteroatoms. The molecule has 3 aromatic rings. The number of imidazole rings is 1. The van der Waals surface area contributed by atoms with E-state index in [4.69, 9.17) is 0 Å². The summed E-state index contributed by atoms with van der Waals surface area (Å²) >= 11 is 0. The first-order chi connectivity index (χ1) is 13.3. The van der Waals surface area contributed by atoms with Gasteiger partial charge in [0.2, 0.25) is 10.0 Å². The van der Waals surface area contributed by atoms with Gasteiger partial charge in [0, 0.05) is 30.8 Å². The van der Waals surface area contributed by atoms with Crippen molar-refractivity contribution in [1.82, 2.24) is 14.3 Å². The largest absolute Gasteiger partial charge is 0.393 e. The van der Waals surface area contributed by atoms with Gasteiger partial charge in [-0.2, -0.15) is 0 Å². The van der Waals surface area contributed by atoms with Crippen LogP contribution in [0.5, 0.6) is 0 Å². The maximum atomic E-state index is 11.3. The van der Waals surface area contributed by atoms with Crippen molar-refractivity contribution in [3.05, 3.63) is 77.7 Å². The van der Waals surface area contributed by atoms with Crippen LogP contribution in [0.25, 0.3) is 11.3 Å². The summed E-state index contributed by atoms with van der Waals surface area (Å²) in [6.45, 7) is 2.62. The molecular formula is C21H25N3O3S. The molecule has 6 nitrogen and oxygen atoms in total. The van der Waals surface area contributed by atoms with Crippen LogP contribution >= 0.6 is 0 Å². The third kappa shape index (κ3) is 5.51. The highest BCUT2D eigenvalue weighted by Crippen LogP contribution is 2.24. The Labute approximate surface area is 165 Å². The van der Waals surface area contributed by atoms with Gasteiger partial charge in [-0.1, -0.05) is 54.6 Å². The van der Waals surface area contributed by atoms with Crippen LogP contribution in [0, 0.1) is 0 Å². The minimum absolute atomic E-state index is 0.256. The zero-order valence-corrected chi connectivity index (χ0v) is 16.9. The molecule has 0 saturated carbocycles. The lowest BCUT2D eigenvalue weighted by molar-refractivity contribution is 0.193. The van der Waals surface area contributed by atoms with E-state index in [2.05, 4.69) is 9.71 Å². The second-order valence-corrected chi connectivity index (χ2v) is 8.83. The van der Waals surface area contributed by atoms with E-state index in [1.807, 2.05) is 59.2 Å². The van der Waals surface area contributed by atoms with Crippen molar-refractivity contribution in [1.29, 1.82) is 0 Å². The lowest BCUT2D eigenvalue weighted by Crippen LogP contribution is -2.21. The van der Waals surface area contributed by atoms with Crippen molar-refractivity contribution >= 4 is 10.0 Å². The van der Waals surface area contributed by atoms with Crippen molar-refractivity contribution in [2.24, 2.45) is 0 Å². The number of hydrogen-bond acceptors (Lipinski definition) is 4. The molecule has 0 aliphatic carbocycles. The number of nitrogens with zero attached hydrogens (tertiary/aromatic N) is 2. The van der Waals surface area contributed by atoms with Crippen molar-refractivity contribution in [2.45, 2.75) is 32.5 Å². The van der Waals surface area contributed by atoms with E-state index < -0.39 is 16.1 Å².